The number of alkyl halides is 3. The number of aryl methyl sites for hydroxylation is 1. The van der Waals surface area contributed by atoms with E-state index >= 15 is 0 Å². The Kier molecular flexibility index (Phi) is 6.40. The number of carbonyl (C=O) groups is 1. The molecule has 38 heavy (non-hydrogen) atoms. The molecule has 0 fully saturated rings. The van der Waals surface area contributed by atoms with Gasteiger partial charge >= 0.3 is 12.1 Å². The van der Waals surface area contributed by atoms with E-state index in [0.717, 1.165) is 41.3 Å². The Morgan fingerprint density at radius 2 is 1.92 bits per heavy atom. The van der Waals surface area contributed by atoms with Crippen molar-refractivity contribution < 1.29 is 32.6 Å². The Morgan fingerprint density at radius 3 is 2.66 bits per heavy atom. The van der Waals surface area contributed by atoms with E-state index < -0.39 is 34.7 Å². The number of pyridine rings is 2. The zero-order valence-corrected chi connectivity index (χ0v) is 20.6. The molecule has 0 saturated heterocycles. The summed E-state index contributed by atoms with van der Waals surface area (Å²) in [6, 6.07) is 7.75. The zero-order chi connectivity index (χ0) is 27.2. The van der Waals surface area contributed by atoms with Crippen molar-refractivity contribution in [2.45, 2.75) is 38.0 Å². The Bertz CT molecular complexity index is 1560. The van der Waals surface area contributed by atoms with Gasteiger partial charge in [-0.3, -0.25) is 0 Å². The topological polar surface area (TPSA) is 108 Å². The molecule has 12 heteroatoms. The summed E-state index contributed by atoms with van der Waals surface area (Å²) in [7, 11) is 0. The standard InChI is InChI=1S/C26H20F4N4O3S/c1-13-9-18(33-21(10-13)34-20-11-14(6-8-31-20)26(28,29)30)19-12-32-24(38-19)25(37)7-2-3-15-17(25)5-4-16(22(15)27)23(35)36/h4-6,8-12,37H,2-3,7H2,1H3,(H,35,36)(H,31,33,34)/t25-/m1/s1. The molecule has 1 aliphatic carbocycles. The van der Waals surface area contributed by atoms with Crippen molar-refractivity contribution in [2.24, 2.45) is 0 Å². The molecule has 0 spiro atoms. The Morgan fingerprint density at radius 1 is 1.13 bits per heavy atom. The number of thiazole rings is 1. The van der Waals surface area contributed by atoms with Crippen LogP contribution in [0.4, 0.5) is 29.2 Å². The number of hydrogen-bond donors (Lipinski definition) is 3. The number of rotatable bonds is 5. The van der Waals surface area contributed by atoms with Crippen LogP contribution in [0.25, 0.3) is 10.6 Å². The van der Waals surface area contributed by atoms with E-state index in [4.69, 9.17) is 0 Å². The number of hydrogen-bond acceptors (Lipinski definition) is 7. The Labute approximate surface area is 217 Å². The molecule has 3 heterocycles. The number of nitrogens with zero attached hydrogens (tertiary/aromatic N) is 3. The minimum absolute atomic E-state index is 0.0234. The van der Waals surface area contributed by atoms with E-state index in [9.17, 15) is 32.6 Å². The highest BCUT2D eigenvalue weighted by atomic mass is 32.1. The van der Waals surface area contributed by atoms with Gasteiger partial charge in [0.1, 0.15) is 28.1 Å². The third-order valence-electron chi connectivity index (χ3n) is 6.31. The number of halogens is 4. The largest absolute Gasteiger partial charge is 0.478 e. The van der Waals surface area contributed by atoms with E-state index in [1.165, 1.54) is 12.3 Å². The summed E-state index contributed by atoms with van der Waals surface area (Å²) >= 11 is 1.15. The maximum Gasteiger partial charge on any atom is 0.416 e. The summed E-state index contributed by atoms with van der Waals surface area (Å²) < 4.78 is 54.1. The van der Waals surface area contributed by atoms with E-state index in [0.29, 0.717) is 28.4 Å². The second-order valence-corrected chi connectivity index (χ2v) is 10.0. The van der Waals surface area contributed by atoms with E-state index in [-0.39, 0.29) is 29.2 Å². The quantitative estimate of drug-likeness (QED) is 0.261. The van der Waals surface area contributed by atoms with Crippen molar-refractivity contribution in [3.8, 4) is 10.6 Å². The van der Waals surface area contributed by atoms with Gasteiger partial charge in [0, 0.05) is 12.4 Å². The maximum absolute atomic E-state index is 14.9. The van der Waals surface area contributed by atoms with Gasteiger partial charge in [-0.05, 0) is 73.2 Å². The van der Waals surface area contributed by atoms with Gasteiger partial charge in [0.2, 0.25) is 0 Å². The van der Waals surface area contributed by atoms with Crippen LogP contribution in [0.2, 0.25) is 0 Å². The van der Waals surface area contributed by atoms with Gasteiger partial charge in [-0.25, -0.2) is 24.1 Å². The number of anilines is 2. The first-order valence-corrected chi connectivity index (χ1v) is 12.3. The molecule has 1 atom stereocenters. The number of benzene rings is 1. The molecule has 1 aliphatic rings. The summed E-state index contributed by atoms with van der Waals surface area (Å²) in [6.07, 6.45) is -0.946. The first-order valence-electron chi connectivity index (χ1n) is 11.5. The van der Waals surface area contributed by atoms with Crippen LogP contribution in [0.3, 0.4) is 0 Å². The molecule has 196 valence electrons. The van der Waals surface area contributed by atoms with Crippen LogP contribution in [0.15, 0.2) is 48.8 Å². The van der Waals surface area contributed by atoms with Crippen molar-refractivity contribution in [3.05, 3.63) is 87.4 Å². The SMILES string of the molecule is Cc1cc(Nc2cc(C(F)(F)F)ccn2)nc(-c2cnc([C@@]3(O)CCCc4c3ccc(C(=O)O)c4F)s2)c1. The summed E-state index contributed by atoms with van der Waals surface area (Å²) in [4.78, 5) is 24.7. The fourth-order valence-corrected chi connectivity index (χ4v) is 5.55. The molecule has 5 rings (SSSR count). The zero-order valence-electron chi connectivity index (χ0n) is 19.8. The fourth-order valence-electron chi connectivity index (χ4n) is 4.54. The molecular formula is C26H20F4N4O3S. The molecule has 0 bridgehead atoms. The molecule has 7 nitrogen and oxygen atoms in total. The number of aliphatic hydroxyl groups is 1. The summed E-state index contributed by atoms with van der Waals surface area (Å²) in [5.74, 6) is -1.99. The molecule has 0 saturated carbocycles. The molecular weight excluding hydrogens is 524 g/mol. The van der Waals surface area contributed by atoms with Gasteiger partial charge in [0.05, 0.1) is 21.7 Å². The normalized spacial score (nSPS) is 17.2. The molecule has 0 amide bonds. The smallest absolute Gasteiger partial charge is 0.416 e. The number of nitrogens with one attached hydrogen (secondary N) is 1. The predicted octanol–water partition coefficient (Wildman–Crippen LogP) is 6.08. The summed E-state index contributed by atoms with van der Waals surface area (Å²) in [5, 5.41) is 24.0. The van der Waals surface area contributed by atoms with Crippen LogP contribution in [0.5, 0.6) is 0 Å². The fraction of sp³-hybridized carbons (Fsp3) is 0.231. The van der Waals surface area contributed by atoms with Crippen LogP contribution in [-0.4, -0.2) is 31.1 Å². The third kappa shape index (κ3) is 4.72. The highest BCUT2D eigenvalue weighted by Gasteiger charge is 2.41. The second-order valence-electron chi connectivity index (χ2n) is 8.97. The lowest BCUT2D eigenvalue weighted by atomic mass is 9.78. The number of aromatic nitrogens is 3. The number of aromatic carboxylic acids is 1. The molecule has 3 aromatic heterocycles. The molecule has 4 aromatic rings. The lowest BCUT2D eigenvalue weighted by molar-refractivity contribution is -0.137. The lowest BCUT2D eigenvalue weighted by Crippen LogP contribution is -2.32. The minimum atomic E-state index is -4.51. The van der Waals surface area contributed by atoms with Crippen molar-refractivity contribution in [3.63, 3.8) is 0 Å². The number of fused-ring (bicyclic) bond motifs is 1. The van der Waals surface area contributed by atoms with Crippen LogP contribution in [0.1, 0.15) is 50.5 Å². The Balaban J connectivity index is 1.48. The van der Waals surface area contributed by atoms with E-state index in [1.54, 1.807) is 19.1 Å². The van der Waals surface area contributed by atoms with Crippen molar-refractivity contribution >= 4 is 28.9 Å². The van der Waals surface area contributed by atoms with Gasteiger partial charge in [0.25, 0.3) is 0 Å². The molecule has 0 unspecified atom stereocenters. The average Bonchev–Trinajstić information content (AvgIpc) is 3.35. The number of carboxylic acids is 1. The minimum Gasteiger partial charge on any atom is -0.478 e. The monoisotopic (exact) mass is 544 g/mol. The van der Waals surface area contributed by atoms with E-state index in [2.05, 4.69) is 20.3 Å². The number of carboxylic acid groups (broad SMARTS) is 1. The van der Waals surface area contributed by atoms with Crippen LogP contribution in [0, 0.1) is 12.7 Å². The van der Waals surface area contributed by atoms with Crippen LogP contribution >= 0.6 is 11.3 Å². The van der Waals surface area contributed by atoms with Gasteiger partial charge < -0.3 is 15.5 Å². The van der Waals surface area contributed by atoms with Crippen molar-refractivity contribution in [2.75, 3.05) is 5.32 Å². The van der Waals surface area contributed by atoms with Crippen LogP contribution in [-0.2, 0) is 18.2 Å². The van der Waals surface area contributed by atoms with Gasteiger partial charge in [-0.2, -0.15) is 13.2 Å². The van der Waals surface area contributed by atoms with Gasteiger partial charge in [-0.1, -0.05) is 6.07 Å². The predicted molar refractivity (Wildman–Crippen MR) is 132 cm³/mol. The Hall–Kier alpha value is -3.90. The highest BCUT2D eigenvalue weighted by molar-refractivity contribution is 7.15. The molecule has 3 N–H and O–H groups in total. The highest BCUT2D eigenvalue weighted by Crippen LogP contribution is 2.44. The van der Waals surface area contributed by atoms with E-state index in [1.807, 2.05) is 0 Å². The van der Waals surface area contributed by atoms with Crippen molar-refractivity contribution in [1.29, 1.82) is 0 Å². The molecule has 0 radical (unpaired) electrons. The second kappa shape index (κ2) is 9.44. The maximum atomic E-state index is 14.9. The average molecular weight is 545 g/mol. The van der Waals surface area contributed by atoms with Gasteiger partial charge in [0.15, 0.2) is 0 Å². The third-order valence-corrected chi connectivity index (χ3v) is 7.48. The summed E-state index contributed by atoms with van der Waals surface area (Å²) in [5.41, 5.74) is -1.23. The first-order chi connectivity index (χ1) is 18.0. The molecule has 1 aromatic carbocycles. The lowest BCUT2D eigenvalue weighted by Gasteiger charge is -2.33. The summed E-state index contributed by atoms with van der Waals surface area (Å²) in [6.45, 7) is 1.80. The van der Waals surface area contributed by atoms with Crippen molar-refractivity contribution in [1.82, 2.24) is 15.0 Å². The molecule has 0 aliphatic heterocycles. The van der Waals surface area contributed by atoms with Crippen LogP contribution < -0.4 is 5.32 Å². The first kappa shape index (κ1) is 25.7. The van der Waals surface area contributed by atoms with Gasteiger partial charge in [-0.15, -0.1) is 11.3 Å².